The molecule has 1 saturated carbocycles. The molecule has 0 N–H and O–H groups in total. The number of hydrogen-bond acceptors (Lipinski definition) is 3. The molecule has 4 nitrogen and oxygen atoms in total. The standard InChI is InChI=1S/C13H22N2O2S/c1-3-18-13(17)15(11-4-5-11)12-6-8-14(9-7-12)10(2)16/h11-12H,3-9H2,1-2H3. The van der Waals surface area contributed by atoms with E-state index in [1.165, 1.54) is 11.8 Å². The minimum absolute atomic E-state index is 0.153. The van der Waals surface area contributed by atoms with Gasteiger partial charge >= 0.3 is 0 Å². The maximum absolute atomic E-state index is 12.1. The van der Waals surface area contributed by atoms with Gasteiger partial charge in [0.05, 0.1) is 0 Å². The van der Waals surface area contributed by atoms with Crippen LogP contribution in [0.4, 0.5) is 4.79 Å². The summed E-state index contributed by atoms with van der Waals surface area (Å²) in [6, 6.07) is 0.824. The minimum Gasteiger partial charge on any atom is -0.343 e. The molecule has 102 valence electrons. The van der Waals surface area contributed by atoms with Gasteiger partial charge in [-0.1, -0.05) is 18.7 Å². The van der Waals surface area contributed by atoms with Crippen molar-refractivity contribution in [1.82, 2.24) is 9.80 Å². The highest BCUT2D eigenvalue weighted by Crippen LogP contribution is 2.34. The van der Waals surface area contributed by atoms with E-state index in [2.05, 4.69) is 4.90 Å². The summed E-state index contributed by atoms with van der Waals surface area (Å²) >= 11 is 1.41. The zero-order valence-corrected chi connectivity index (χ0v) is 12.0. The lowest BCUT2D eigenvalue weighted by molar-refractivity contribution is -0.130. The third-order valence-electron chi connectivity index (χ3n) is 3.72. The van der Waals surface area contributed by atoms with E-state index < -0.39 is 0 Å². The van der Waals surface area contributed by atoms with E-state index in [1.54, 1.807) is 6.92 Å². The van der Waals surface area contributed by atoms with Crippen molar-refractivity contribution in [3.05, 3.63) is 0 Å². The van der Waals surface area contributed by atoms with Crippen molar-refractivity contribution in [2.24, 2.45) is 0 Å². The largest absolute Gasteiger partial charge is 0.343 e. The number of amides is 2. The lowest BCUT2D eigenvalue weighted by Gasteiger charge is -2.38. The summed E-state index contributed by atoms with van der Waals surface area (Å²) < 4.78 is 0. The molecule has 2 fully saturated rings. The molecular weight excluding hydrogens is 248 g/mol. The zero-order chi connectivity index (χ0) is 13.1. The second kappa shape index (κ2) is 5.95. The van der Waals surface area contributed by atoms with Gasteiger partial charge in [-0.2, -0.15) is 0 Å². The van der Waals surface area contributed by atoms with Crippen LogP contribution in [0, 0.1) is 0 Å². The lowest BCUT2D eigenvalue weighted by Crippen LogP contribution is -2.48. The number of nitrogens with zero attached hydrogens (tertiary/aromatic N) is 2. The Balaban J connectivity index is 1.92. The first-order valence-electron chi connectivity index (χ1n) is 6.84. The van der Waals surface area contributed by atoms with Crippen LogP contribution in [0.15, 0.2) is 0 Å². The lowest BCUT2D eigenvalue weighted by atomic mass is 10.0. The first-order chi connectivity index (χ1) is 8.63. The molecule has 0 spiro atoms. The number of hydrogen-bond donors (Lipinski definition) is 0. The number of likely N-dealkylation sites (tertiary alicyclic amines) is 1. The van der Waals surface area contributed by atoms with Gasteiger partial charge in [-0.25, -0.2) is 0 Å². The Kier molecular flexibility index (Phi) is 4.54. The first-order valence-corrected chi connectivity index (χ1v) is 7.82. The molecule has 1 saturated heterocycles. The van der Waals surface area contributed by atoms with E-state index in [0.29, 0.717) is 12.1 Å². The van der Waals surface area contributed by atoms with Crippen molar-refractivity contribution in [2.45, 2.75) is 51.6 Å². The van der Waals surface area contributed by atoms with E-state index in [1.807, 2.05) is 11.8 Å². The van der Waals surface area contributed by atoms with E-state index in [4.69, 9.17) is 0 Å². The molecule has 1 heterocycles. The van der Waals surface area contributed by atoms with Crippen molar-refractivity contribution in [3.63, 3.8) is 0 Å². The third kappa shape index (κ3) is 3.19. The van der Waals surface area contributed by atoms with Gasteiger partial charge in [0.2, 0.25) is 5.91 Å². The number of carbonyl (C=O) groups excluding carboxylic acids is 2. The molecule has 0 unspecified atom stereocenters. The fourth-order valence-electron chi connectivity index (χ4n) is 2.61. The molecule has 1 aliphatic carbocycles. The molecular formula is C13H22N2O2S. The average Bonchev–Trinajstić information content (AvgIpc) is 3.15. The summed E-state index contributed by atoms with van der Waals surface area (Å²) in [6.07, 6.45) is 4.18. The Labute approximate surface area is 113 Å². The maximum Gasteiger partial charge on any atom is 0.282 e. The molecule has 0 radical (unpaired) electrons. The summed E-state index contributed by atoms with van der Waals surface area (Å²) in [7, 11) is 0. The third-order valence-corrected chi connectivity index (χ3v) is 4.47. The number of rotatable bonds is 3. The second-order valence-electron chi connectivity index (χ2n) is 5.07. The summed E-state index contributed by atoms with van der Waals surface area (Å²) in [5, 5.41) is 0.237. The fraction of sp³-hybridized carbons (Fsp3) is 0.846. The van der Waals surface area contributed by atoms with E-state index in [0.717, 1.165) is 44.5 Å². The smallest absolute Gasteiger partial charge is 0.282 e. The van der Waals surface area contributed by atoms with Crippen LogP contribution in [0.2, 0.25) is 0 Å². The molecule has 0 aromatic rings. The first kappa shape index (κ1) is 13.7. The topological polar surface area (TPSA) is 40.6 Å². The highest BCUT2D eigenvalue weighted by Gasteiger charge is 2.38. The predicted molar refractivity (Wildman–Crippen MR) is 73.7 cm³/mol. The Bertz CT molecular complexity index is 323. The van der Waals surface area contributed by atoms with Crippen molar-refractivity contribution in [3.8, 4) is 0 Å². The van der Waals surface area contributed by atoms with Gasteiger partial charge in [0.15, 0.2) is 0 Å². The summed E-state index contributed by atoms with van der Waals surface area (Å²) in [6.45, 7) is 5.24. The second-order valence-corrected chi connectivity index (χ2v) is 6.29. The number of thioether (sulfide) groups is 1. The fourth-order valence-corrected chi connectivity index (χ4v) is 3.30. The Morgan fingerprint density at radius 3 is 2.17 bits per heavy atom. The van der Waals surface area contributed by atoms with Gasteiger partial charge in [-0.15, -0.1) is 0 Å². The van der Waals surface area contributed by atoms with Gasteiger partial charge in [-0.05, 0) is 31.4 Å². The monoisotopic (exact) mass is 270 g/mol. The van der Waals surface area contributed by atoms with Crippen molar-refractivity contribution in [2.75, 3.05) is 18.8 Å². The van der Waals surface area contributed by atoms with Crippen LogP contribution in [-0.2, 0) is 4.79 Å². The SMILES string of the molecule is CCSC(=O)N(C1CC1)C1CCN(C(C)=O)CC1. The molecule has 0 aromatic carbocycles. The number of piperidine rings is 1. The molecule has 2 aliphatic rings. The molecule has 2 amide bonds. The summed E-state index contributed by atoms with van der Waals surface area (Å²) in [5.41, 5.74) is 0. The van der Waals surface area contributed by atoms with E-state index >= 15 is 0 Å². The van der Waals surface area contributed by atoms with Crippen LogP contribution < -0.4 is 0 Å². The summed E-state index contributed by atoms with van der Waals surface area (Å²) in [5.74, 6) is 0.995. The molecule has 18 heavy (non-hydrogen) atoms. The van der Waals surface area contributed by atoms with Gasteiger partial charge in [0.25, 0.3) is 5.24 Å². The van der Waals surface area contributed by atoms with Gasteiger partial charge in [-0.3, -0.25) is 9.59 Å². The van der Waals surface area contributed by atoms with Crippen LogP contribution in [0.3, 0.4) is 0 Å². The molecule has 0 aromatic heterocycles. The summed E-state index contributed by atoms with van der Waals surface area (Å²) in [4.78, 5) is 27.4. The Morgan fingerprint density at radius 1 is 1.17 bits per heavy atom. The van der Waals surface area contributed by atoms with Crippen LogP contribution >= 0.6 is 11.8 Å². The van der Waals surface area contributed by atoms with Gasteiger partial charge in [0, 0.05) is 32.1 Å². The molecule has 5 heteroatoms. The van der Waals surface area contributed by atoms with Gasteiger partial charge in [0.1, 0.15) is 0 Å². The van der Waals surface area contributed by atoms with Crippen molar-refractivity contribution < 1.29 is 9.59 Å². The van der Waals surface area contributed by atoms with E-state index in [-0.39, 0.29) is 11.1 Å². The molecule has 1 aliphatic heterocycles. The van der Waals surface area contributed by atoms with Crippen molar-refractivity contribution >= 4 is 22.9 Å². The van der Waals surface area contributed by atoms with Crippen LogP contribution in [0.1, 0.15) is 39.5 Å². The maximum atomic E-state index is 12.1. The van der Waals surface area contributed by atoms with Crippen LogP contribution in [-0.4, -0.2) is 51.9 Å². The quantitative estimate of drug-likeness (QED) is 0.790. The molecule has 0 bridgehead atoms. The van der Waals surface area contributed by atoms with Crippen LogP contribution in [0.5, 0.6) is 0 Å². The predicted octanol–water partition coefficient (Wildman–Crippen LogP) is 2.33. The minimum atomic E-state index is 0.153. The van der Waals surface area contributed by atoms with Gasteiger partial charge < -0.3 is 9.80 Å². The normalized spacial score (nSPS) is 20.9. The Hall–Kier alpha value is -0.710. The van der Waals surface area contributed by atoms with E-state index in [9.17, 15) is 9.59 Å². The van der Waals surface area contributed by atoms with Crippen LogP contribution in [0.25, 0.3) is 0 Å². The highest BCUT2D eigenvalue weighted by molar-refractivity contribution is 8.13. The Morgan fingerprint density at radius 2 is 1.72 bits per heavy atom. The molecule has 2 rings (SSSR count). The van der Waals surface area contributed by atoms with Crippen molar-refractivity contribution in [1.29, 1.82) is 0 Å². The average molecular weight is 270 g/mol. The number of carbonyl (C=O) groups is 2. The zero-order valence-electron chi connectivity index (χ0n) is 11.2. The highest BCUT2D eigenvalue weighted by atomic mass is 32.2. The molecule has 0 atom stereocenters.